The van der Waals surface area contributed by atoms with E-state index in [-0.39, 0.29) is 12.6 Å². The SMILES string of the molecule is CCOC(=O)C1(Cc2cccc(OC)c2)CCN(C[C@@H](O)CO)CC1. The van der Waals surface area contributed by atoms with Gasteiger partial charge in [-0.1, -0.05) is 12.1 Å². The number of nitrogens with zero attached hydrogens (tertiary/aromatic N) is 1. The minimum absolute atomic E-state index is 0.153. The molecule has 0 bridgehead atoms. The van der Waals surface area contributed by atoms with Crippen LogP contribution in [0.5, 0.6) is 5.75 Å². The molecule has 1 aromatic carbocycles. The Hall–Kier alpha value is -1.63. The number of likely N-dealkylation sites (tertiary alicyclic amines) is 1. The maximum atomic E-state index is 12.7. The Morgan fingerprint density at radius 1 is 1.36 bits per heavy atom. The molecule has 1 aliphatic rings. The highest BCUT2D eigenvalue weighted by molar-refractivity contribution is 5.77. The molecule has 6 heteroatoms. The van der Waals surface area contributed by atoms with Gasteiger partial charge < -0.3 is 24.6 Å². The maximum absolute atomic E-state index is 12.7. The zero-order chi connectivity index (χ0) is 18.3. The molecular weight excluding hydrogens is 322 g/mol. The van der Waals surface area contributed by atoms with Gasteiger partial charge in [-0.3, -0.25) is 4.79 Å². The molecule has 1 aliphatic heterocycles. The van der Waals surface area contributed by atoms with Crippen LogP contribution in [0.3, 0.4) is 0 Å². The first-order chi connectivity index (χ1) is 12.0. The number of carbonyl (C=O) groups excluding carboxylic acids is 1. The Morgan fingerprint density at radius 2 is 2.08 bits per heavy atom. The van der Waals surface area contributed by atoms with Gasteiger partial charge in [-0.25, -0.2) is 0 Å². The van der Waals surface area contributed by atoms with Crippen molar-refractivity contribution in [2.24, 2.45) is 5.41 Å². The van der Waals surface area contributed by atoms with Gasteiger partial charge in [0.15, 0.2) is 0 Å². The lowest BCUT2D eigenvalue weighted by Gasteiger charge is -2.40. The highest BCUT2D eigenvalue weighted by atomic mass is 16.5. The fraction of sp³-hybridized carbons (Fsp3) is 0.632. The highest BCUT2D eigenvalue weighted by Gasteiger charge is 2.42. The van der Waals surface area contributed by atoms with Crippen LogP contribution >= 0.6 is 0 Å². The molecule has 0 spiro atoms. The highest BCUT2D eigenvalue weighted by Crippen LogP contribution is 2.37. The van der Waals surface area contributed by atoms with E-state index in [4.69, 9.17) is 14.6 Å². The molecule has 25 heavy (non-hydrogen) atoms. The molecule has 0 radical (unpaired) electrons. The largest absolute Gasteiger partial charge is 0.497 e. The lowest BCUT2D eigenvalue weighted by Crippen LogP contribution is -2.48. The molecule has 6 nitrogen and oxygen atoms in total. The summed E-state index contributed by atoms with van der Waals surface area (Å²) in [5.41, 5.74) is 0.500. The van der Waals surface area contributed by atoms with Crippen LogP contribution in [0.25, 0.3) is 0 Å². The summed E-state index contributed by atoms with van der Waals surface area (Å²) in [5, 5.41) is 18.6. The van der Waals surface area contributed by atoms with Crippen LogP contribution in [0, 0.1) is 5.41 Å². The van der Waals surface area contributed by atoms with Gasteiger partial charge in [0, 0.05) is 6.54 Å². The van der Waals surface area contributed by atoms with Crippen molar-refractivity contribution in [1.82, 2.24) is 4.90 Å². The van der Waals surface area contributed by atoms with Gasteiger partial charge in [-0.2, -0.15) is 0 Å². The van der Waals surface area contributed by atoms with Crippen LogP contribution in [0.4, 0.5) is 0 Å². The Morgan fingerprint density at radius 3 is 2.68 bits per heavy atom. The summed E-state index contributed by atoms with van der Waals surface area (Å²) < 4.78 is 10.7. The maximum Gasteiger partial charge on any atom is 0.312 e. The van der Waals surface area contributed by atoms with E-state index >= 15 is 0 Å². The van der Waals surface area contributed by atoms with E-state index in [0.717, 1.165) is 11.3 Å². The number of ether oxygens (including phenoxy) is 2. The smallest absolute Gasteiger partial charge is 0.312 e. The average molecular weight is 351 g/mol. The first kappa shape index (κ1) is 19.7. The number of piperidine rings is 1. The second-order valence-corrected chi connectivity index (χ2v) is 6.67. The second-order valence-electron chi connectivity index (χ2n) is 6.67. The Balaban J connectivity index is 2.12. The van der Waals surface area contributed by atoms with E-state index in [2.05, 4.69) is 4.90 Å². The molecular formula is C19H29NO5. The van der Waals surface area contributed by atoms with Crippen LogP contribution in [0.1, 0.15) is 25.3 Å². The molecule has 2 N–H and O–H groups in total. The molecule has 0 saturated carbocycles. The number of carbonyl (C=O) groups is 1. The van der Waals surface area contributed by atoms with Crippen molar-refractivity contribution in [3.8, 4) is 5.75 Å². The van der Waals surface area contributed by atoms with E-state index < -0.39 is 11.5 Å². The predicted molar refractivity (Wildman–Crippen MR) is 94.5 cm³/mol. The lowest BCUT2D eigenvalue weighted by molar-refractivity contribution is -0.158. The molecule has 1 saturated heterocycles. The van der Waals surface area contributed by atoms with Crippen LogP contribution in [-0.2, 0) is 16.0 Å². The van der Waals surface area contributed by atoms with E-state index in [9.17, 15) is 9.90 Å². The molecule has 1 atom stereocenters. The van der Waals surface area contributed by atoms with Gasteiger partial charge in [0.05, 0.1) is 31.8 Å². The quantitative estimate of drug-likeness (QED) is 0.686. The molecule has 0 aromatic heterocycles. The van der Waals surface area contributed by atoms with Crippen molar-refractivity contribution in [1.29, 1.82) is 0 Å². The Labute approximate surface area is 149 Å². The summed E-state index contributed by atoms with van der Waals surface area (Å²) in [5.74, 6) is 0.625. The molecule has 1 heterocycles. The van der Waals surface area contributed by atoms with Crippen molar-refractivity contribution in [2.75, 3.05) is 40.0 Å². The standard InChI is InChI=1S/C19H29NO5/c1-3-25-18(23)19(12-15-5-4-6-17(11-15)24-2)7-9-20(10-8-19)13-16(22)14-21/h4-6,11,16,21-22H,3,7-10,12-14H2,1-2H3/t16-/m1/s1. The third-order valence-electron chi connectivity index (χ3n) is 4.88. The lowest BCUT2D eigenvalue weighted by atomic mass is 9.73. The third kappa shape index (κ3) is 5.17. The first-order valence-corrected chi connectivity index (χ1v) is 8.84. The molecule has 0 unspecified atom stereocenters. The van der Waals surface area contributed by atoms with Gasteiger partial charge in [-0.05, 0) is 57.0 Å². The average Bonchev–Trinajstić information content (AvgIpc) is 2.63. The van der Waals surface area contributed by atoms with Crippen molar-refractivity contribution >= 4 is 5.97 Å². The van der Waals surface area contributed by atoms with E-state index in [1.165, 1.54) is 0 Å². The fourth-order valence-corrected chi connectivity index (χ4v) is 3.43. The number of rotatable bonds is 8. The number of methoxy groups -OCH3 is 1. The molecule has 1 fully saturated rings. The Bertz CT molecular complexity index is 555. The van der Waals surface area contributed by atoms with E-state index in [1.807, 2.05) is 31.2 Å². The summed E-state index contributed by atoms with van der Waals surface area (Å²) in [6.07, 6.45) is 1.20. The van der Waals surface area contributed by atoms with Crippen molar-refractivity contribution in [3.63, 3.8) is 0 Å². The summed E-state index contributed by atoms with van der Waals surface area (Å²) >= 11 is 0. The van der Waals surface area contributed by atoms with Crippen LogP contribution < -0.4 is 4.74 Å². The van der Waals surface area contributed by atoms with Gasteiger partial charge in [-0.15, -0.1) is 0 Å². The molecule has 2 rings (SSSR count). The molecule has 0 amide bonds. The summed E-state index contributed by atoms with van der Waals surface area (Å²) in [6, 6.07) is 7.79. The monoisotopic (exact) mass is 351 g/mol. The minimum atomic E-state index is -0.742. The number of esters is 1. The Kier molecular flexibility index (Phi) is 7.23. The third-order valence-corrected chi connectivity index (χ3v) is 4.88. The van der Waals surface area contributed by atoms with Gasteiger partial charge in [0.25, 0.3) is 0 Å². The number of aliphatic hydroxyl groups is 2. The number of aliphatic hydroxyl groups excluding tert-OH is 2. The van der Waals surface area contributed by atoms with E-state index in [1.54, 1.807) is 7.11 Å². The van der Waals surface area contributed by atoms with Crippen molar-refractivity contribution < 1.29 is 24.5 Å². The zero-order valence-corrected chi connectivity index (χ0v) is 15.1. The topological polar surface area (TPSA) is 79.2 Å². The normalized spacial score (nSPS) is 18.6. The molecule has 0 aliphatic carbocycles. The number of hydrogen-bond acceptors (Lipinski definition) is 6. The number of benzene rings is 1. The predicted octanol–water partition coefficient (Wildman–Crippen LogP) is 1.24. The second kappa shape index (κ2) is 9.17. The van der Waals surface area contributed by atoms with Gasteiger partial charge >= 0.3 is 5.97 Å². The number of hydrogen-bond donors (Lipinski definition) is 2. The zero-order valence-electron chi connectivity index (χ0n) is 15.1. The van der Waals surface area contributed by atoms with Gasteiger partial charge in [0.1, 0.15) is 5.75 Å². The van der Waals surface area contributed by atoms with Crippen LogP contribution in [-0.4, -0.2) is 67.1 Å². The molecule has 1 aromatic rings. The number of β-amino-alcohol motifs (C(OH)–C–C–N with tert-alkyl or cyclic N) is 1. The summed E-state index contributed by atoms with van der Waals surface area (Å²) in [6.45, 7) is 3.76. The fourth-order valence-electron chi connectivity index (χ4n) is 3.43. The van der Waals surface area contributed by atoms with Crippen LogP contribution in [0.15, 0.2) is 24.3 Å². The van der Waals surface area contributed by atoms with Gasteiger partial charge in [0.2, 0.25) is 0 Å². The molecule has 140 valence electrons. The summed E-state index contributed by atoms with van der Waals surface area (Å²) in [7, 11) is 1.63. The van der Waals surface area contributed by atoms with Crippen molar-refractivity contribution in [2.45, 2.75) is 32.3 Å². The van der Waals surface area contributed by atoms with Crippen LogP contribution in [0.2, 0.25) is 0 Å². The van der Waals surface area contributed by atoms with Crippen molar-refractivity contribution in [3.05, 3.63) is 29.8 Å². The minimum Gasteiger partial charge on any atom is -0.497 e. The summed E-state index contributed by atoms with van der Waals surface area (Å²) in [4.78, 5) is 14.8. The van der Waals surface area contributed by atoms with E-state index in [0.29, 0.717) is 45.5 Å². The first-order valence-electron chi connectivity index (χ1n) is 8.84.